The van der Waals surface area contributed by atoms with E-state index < -0.39 is 0 Å². The lowest BCUT2D eigenvalue weighted by molar-refractivity contribution is 0.477. The maximum absolute atomic E-state index is 4.02. The number of pyridine rings is 1. The van der Waals surface area contributed by atoms with Crippen molar-refractivity contribution in [2.45, 2.75) is 44.0 Å². The maximum atomic E-state index is 4.02. The van der Waals surface area contributed by atoms with E-state index in [2.05, 4.69) is 36.3 Å². The fourth-order valence-corrected chi connectivity index (χ4v) is 2.55. The Morgan fingerprint density at radius 1 is 1.31 bits per heavy atom. The van der Waals surface area contributed by atoms with Crippen LogP contribution in [0.3, 0.4) is 0 Å². The van der Waals surface area contributed by atoms with Gasteiger partial charge in [0.15, 0.2) is 0 Å². The molecule has 1 rings (SSSR count). The summed E-state index contributed by atoms with van der Waals surface area (Å²) >= 11 is 1.92. The fourth-order valence-electron chi connectivity index (χ4n) is 1.69. The highest BCUT2D eigenvalue weighted by atomic mass is 32.2. The van der Waals surface area contributed by atoms with E-state index in [0.717, 1.165) is 6.54 Å². The molecule has 0 spiro atoms. The molecule has 0 saturated heterocycles. The van der Waals surface area contributed by atoms with Gasteiger partial charge in [-0.3, -0.25) is 4.98 Å². The number of thioether (sulfide) groups is 1. The van der Waals surface area contributed by atoms with Gasteiger partial charge in [0.1, 0.15) is 0 Å². The average Bonchev–Trinajstić information content (AvgIpc) is 2.34. The van der Waals surface area contributed by atoms with E-state index in [9.17, 15) is 0 Å². The van der Waals surface area contributed by atoms with E-state index in [1.54, 1.807) is 0 Å². The summed E-state index contributed by atoms with van der Waals surface area (Å²) in [5.41, 5.74) is 0. The van der Waals surface area contributed by atoms with Crippen LogP contribution >= 0.6 is 11.8 Å². The Kier molecular flexibility index (Phi) is 7.26. The third-order valence-corrected chi connectivity index (χ3v) is 3.70. The molecule has 0 aliphatic carbocycles. The van der Waals surface area contributed by atoms with Crippen LogP contribution in [0.25, 0.3) is 0 Å². The van der Waals surface area contributed by atoms with Gasteiger partial charge in [0.25, 0.3) is 0 Å². The van der Waals surface area contributed by atoms with Gasteiger partial charge < -0.3 is 5.32 Å². The quantitative estimate of drug-likeness (QED) is 0.555. The van der Waals surface area contributed by atoms with E-state index in [1.165, 1.54) is 29.9 Å². The van der Waals surface area contributed by atoms with Gasteiger partial charge in [-0.05, 0) is 43.7 Å². The summed E-state index contributed by atoms with van der Waals surface area (Å²) in [7, 11) is 0. The van der Waals surface area contributed by atoms with Crippen LogP contribution in [0.5, 0.6) is 0 Å². The Hall–Kier alpha value is -0.540. The monoisotopic (exact) mass is 238 g/mol. The first-order valence-corrected chi connectivity index (χ1v) is 7.11. The summed E-state index contributed by atoms with van der Waals surface area (Å²) in [6.07, 6.45) is 7.50. The molecular weight excluding hydrogens is 216 g/mol. The van der Waals surface area contributed by atoms with Crippen molar-refractivity contribution in [3.63, 3.8) is 0 Å². The zero-order valence-corrected chi connectivity index (χ0v) is 11.1. The summed E-state index contributed by atoms with van der Waals surface area (Å²) in [5.74, 6) is 1.20. The zero-order valence-electron chi connectivity index (χ0n) is 10.3. The van der Waals surface area contributed by atoms with Crippen molar-refractivity contribution < 1.29 is 0 Å². The Morgan fingerprint density at radius 2 is 2.06 bits per heavy atom. The van der Waals surface area contributed by atoms with E-state index in [1.807, 2.05) is 24.2 Å². The van der Waals surface area contributed by atoms with Crippen LogP contribution in [0.15, 0.2) is 29.4 Å². The SMILES string of the molecule is CCNC(CC)CCCSc1ccncc1. The number of hydrogen-bond acceptors (Lipinski definition) is 3. The first-order chi connectivity index (χ1) is 7.86. The molecule has 2 nitrogen and oxygen atoms in total. The van der Waals surface area contributed by atoms with Crippen LogP contribution < -0.4 is 5.32 Å². The molecule has 1 N–H and O–H groups in total. The Morgan fingerprint density at radius 3 is 2.69 bits per heavy atom. The second-order valence-corrected chi connectivity index (χ2v) is 5.00. The lowest BCUT2D eigenvalue weighted by atomic mass is 10.1. The minimum absolute atomic E-state index is 0.697. The van der Waals surface area contributed by atoms with Crippen molar-refractivity contribution in [3.8, 4) is 0 Å². The van der Waals surface area contributed by atoms with Crippen molar-refractivity contribution in [1.82, 2.24) is 10.3 Å². The van der Waals surface area contributed by atoms with Crippen LogP contribution in [-0.2, 0) is 0 Å². The summed E-state index contributed by atoms with van der Waals surface area (Å²) in [6.45, 7) is 5.51. The molecule has 3 heteroatoms. The highest BCUT2D eigenvalue weighted by Gasteiger charge is 2.03. The van der Waals surface area contributed by atoms with Gasteiger partial charge in [-0.1, -0.05) is 13.8 Å². The Bertz CT molecular complexity index is 264. The van der Waals surface area contributed by atoms with Gasteiger partial charge in [0.2, 0.25) is 0 Å². The molecule has 0 radical (unpaired) electrons. The van der Waals surface area contributed by atoms with E-state index >= 15 is 0 Å². The molecule has 0 fully saturated rings. The van der Waals surface area contributed by atoms with Gasteiger partial charge >= 0.3 is 0 Å². The van der Waals surface area contributed by atoms with Crippen LogP contribution in [0.2, 0.25) is 0 Å². The highest BCUT2D eigenvalue weighted by Crippen LogP contribution is 2.18. The van der Waals surface area contributed by atoms with Crippen LogP contribution in [-0.4, -0.2) is 23.3 Å². The Balaban J connectivity index is 2.11. The first-order valence-electron chi connectivity index (χ1n) is 6.13. The normalized spacial score (nSPS) is 12.6. The molecule has 0 amide bonds. The van der Waals surface area contributed by atoms with E-state index in [4.69, 9.17) is 0 Å². The number of aromatic nitrogens is 1. The van der Waals surface area contributed by atoms with Gasteiger partial charge in [-0.25, -0.2) is 0 Å². The molecule has 1 heterocycles. The molecule has 0 aliphatic heterocycles. The second kappa shape index (κ2) is 8.59. The van der Waals surface area contributed by atoms with Crippen molar-refractivity contribution in [2.75, 3.05) is 12.3 Å². The van der Waals surface area contributed by atoms with E-state index in [-0.39, 0.29) is 0 Å². The predicted octanol–water partition coefficient (Wildman–Crippen LogP) is 3.34. The molecule has 0 saturated carbocycles. The molecule has 1 aromatic heterocycles. The molecule has 1 aromatic rings. The largest absolute Gasteiger partial charge is 0.314 e. The summed E-state index contributed by atoms with van der Waals surface area (Å²) in [5, 5.41) is 3.51. The predicted molar refractivity (Wildman–Crippen MR) is 72.0 cm³/mol. The lowest BCUT2D eigenvalue weighted by Crippen LogP contribution is -2.28. The molecule has 1 atom stereocenters. The molecule has 1 unspecified atom stereocenters. The number of hydrogen-bond donors (Lipinski definition) is 1. The maximum Gasteiger partial charge on any atom is 0.0278 e. The lowest BCUT2D eigenvalue weighted by Gasteiger charge is -2.15. The van der Waals surface area contributed by atoms with E-state index in [0.29, 0.717) is 6.04 Å². The van der Waals surface area contributed by atoms with Crippen molar-refractivity contribution in [3.05, 3.63) is 24.5 Å². The molecule has 16 heavy (non-hydrogen) atoms. The molecule has 0 aromatic carbocycles. The minimum Gasteiger partial charge on any atom is -0.314 e. The van der Waals surface area contributed by atoms with Crippen molar-refractivity contribution in [2.24, 2.45) is 0 Å². The van der Waals surface area contributed by atoms with Crippen LogP contribution in [0.1, 0.15) is 33.1 Å². The summed E-state index contributed by atoms with van der Waals surface area (Å²) < 4.78 is 0. The molecular formula is C13H22N2S. The Labute approximate surface area is 103 Å². The third-order valence-electron chi connectivity index (χ3n) is 2.60. The van der Waals surface area contributed by atoms with Crippen molar-refractivity contribution in [1.29, 1.82) is 0 Å². The summed E-state index contributed by atoms with van der Waals surface area (Å²) in [4.78, 5) is 5.34. The molecule has 0 aliphatic rings. The van der Waals surface area contributed by atoms with Crippen LogP contribution in [0, 0.1) is 0 Å². The number of nitrogens with one attached hydrogen (secondary N) is 1. The fraction of sp³-hybridized carbons (Fsp3) is 0.615. The number of rotatable bonds is 8. The second-order valence-electron chi connectivity index (χ2n) is 3.84. The molecule has 0 bridgehead atoms. The topological polar surface area (TPSA) is 24.9 Å². The summed E-state index contributed by atoms with van der Waals surface area (Å²) in [6, 6.07) is 4.85. The molecule has 90 valence electrons. The first kappa shape index (κ1) is 13.5. The third kappa shape index (κ3) is 5.52. The average molecular weight is 238 g/mol. The van der Waals surface area contributed by atoms with Gasteiger partial charge in [0.05, 0.1) is 0 Å². The van der Waals surface area contributed by atoms with Crippen LogP contribution in [0.4, 0.5) is 0 Å². The van der Waals surface area contributed by atoms with Crippen molar-refractivity contribution >= 4 is 11.8 Å². The minimum atomic E-state index is 0.697. The smallest absolute Gasteiger partial charge is 0.0278 e. The standard InChI is InChI=1S/C13H22N2S/c1-3-12(15-4-2)6-5-11-16-13-7-9-14-10-8-13/h7-10,12,15H,3-6,11H2,1-2H3. The van der Waals surface area contributed by atoms with Gasteiger partial charge in [-0.15, -0.1) is 11.8 Å². The van der Waals surface area contributed by atoms with Gasteiger partial charge in [0, 0.05) is 23.3 Å². The highest BCUT2D eigenvalue weighted by molar-refractivity contribution is 7.99. The number of nitrogens with zero attached hydrogens (tertiary/aromatic N) is 1. The zero-order chi connectivity index (χ0) is 11.6. The van der Waals surface area contributed by atoms with Gasteiger partial charge in [-0.2, -0.15) is 0 Å².